The van der Waals surface area contributed by atoms with Gasteiger partial charge >= 0.3 is 0 Å². The molecular weight excluding hydrogens is 537 g/mol. The van der Waals surface area contributed by atoms with Gasteiger partial charge in [-0.05, 0) is 98.4 Å². The number of rotatable bonds is 7. The van der Waals surface area contributed by atoms with E-state index in [0.29, 0.717) is 34.2 Å². The Balaban J connectivity index is 1.91. The summed E-state index contributed by atoms with van der Waals surface area (Å²) in [6, 6.07) is 7.82. The smallest absolute Gasteiger partial charge is 0.266 e. The van der Waals surface area contributed by atoms with E-state index in [2.05, 4.69) is 34.0 Å². The molecule has 6 nitrogen and oxygen atoms in total. The number of halogens is 1. The first-order valence-corrected chi connectivity index (χ1v) is 12.4. The quantitative estimate of drug-likeness (QED) is 0.261. The van der Waals surface area contributed by atoms with Crippen LogP contribution in [0.4, 0.5) is 5.00 Å². The number of amides is 1. The lowest BCUT2D eigenvalue weighted by molar-refractivity contribution is -0.112. The SMILES string of the molecule is CCOc1cc(/C=C(\C#N)C(=O)Nc2sc3c(c2C#N)CCCC3)cc(I)c1OC(C)C. The Morgan fingerprint density at radius 3 is 2.72 bits per heavy atom. The summed E-state index contributed by atoms with van der Waals surface area (Å²) in [4.78, 5) is 14.0. The van der Waals surface area contributed by atoms with Gasteiger partial charge in [-0.2, -0.15) is 10.5 Å². The summed E-state index contributed by atoms with van der Waals surface area (Å²) in [6.45, 7) is 6.23. The van der Waals surface area contributed by atoms with Gasteiger partial charge in [0.25, 0.3) is 5.91 Å². The number of hydrogen-bond donors (Lipinski definition) is 1. The summed E-state index contributed by atoms with van der Waals surface area (Å²) in [5, 5.41) is 22.6. The van der Waals surface area contributed by atoms with Crippen molar-refractivity contribution in [3.05, 3.63) is 42.8 Å². The molecule has 0 saturated carbocycles. The second kappa shape index (κ2) is 10.8. The first-order chi connectivity index (χ1) is 15.4. The molecule has 1 aliphatic carbocycles. The van der Waals surface area contributed by atoms with E-state index in [4.69, 9.17) is 9.47 Å². The van der Waals surface area contributed by atoms with Crippen molar-refractivity contribution in [1.29, 1.82) is 10.5 Å². The highest BCUT2D eigenvalue weighted by atomic mass is 127. The van der Waals surface area contributed by atoms with Crippen molar-refractivity contribution in [2.45, 2.75) is 52.6 Å². The summed E-state index contributed by atoms with van der Waals surface area (Å²) in [5.74, 6) is 0.679. The van der Waals surface area contributed by atoms with E-state index in [9.17, 15) is 15.3 Å². The van der Waals surface area contributed by atoms with E-state index in [1.165, 1.54) is 17.4 Å². The van der Waals surface area contributed by atoms with Crippen molar-refractivity contribution in [2.75, 3.05) is 11.9 Å². The Bertz CT molecular complexity index is 1140. The van der Waals surface area contributed by atoms with Gasteiger partial charge in [0.05, 0.1) is 21.8 Å². The minimum Gasteiger partial charge on any atom is -0.490 e. The van der Waals surface area contributed by atoms with Gasteiger partial charge in [0, 0.05) is 4.88 Å². The number of benzene rings is 1. The van der Waals surface area contributed by atoms with Gasteiger partial charge in [0.2, 0.25) is 0 Å². The lowest BCUT2D eigenvalue weighted by atomic mass is 9.96. The van der Waals surface area contributed by atoms with Crippen molar-refractivity contribution in [3.63, 3.8) is 0 Å². The van der Waals surface area contributed by atoms with Crippen LogP contribution in [0.25, 0.3) is 6.08 Å². The zero-order valence-electron chi connectivity index (χ0n) is 18.3. The number of fused-ring (bicyclic) bond motifs is 1. The Morgan fingerprint density at radius 2 is 2.06 bits per heavy atom. The summed E-state index contributed by atoms with van der Waals surface area (Å²) in [7, 11) is 0. The molecule has 166 valence electrons. The van der Waals surface area contributed by atoms with Crippen LogP contribution < -0.4 is 14.8 Å². The lowest BCUT2D eigenvalue weighted by Gasteiger charge is -2.17. The van der Waals surface area contributed by atoms with Crippen molar-refractivity contribution < 1.29 is 14.3 Å². The highest BCUT2D eigenvalue weighted by molar-refractivity contribution is 14.1. The van der Waals surface area contributed by atoms with Gasteiger partial charge in [-0.25, -0.2) is 0 Å². The van der Waals surface area contributed by atoms with Crippen molar-refractivity contribution in [2.24, 2.45) is 0 Å². The first-order valence-electron chi connectivity index (χ1n) is 10.5. The third kappa shape index (κ3) is 5.43. The van der Waals surface area contributed by atoms with Crippen LogP contribution in [0.15, 0.2) is 17.7 Å². The van der Waals surface area contributed by atoms with Crippen LogP contribution in [0, 0.1) is 26.2 Å². The van der Waals surface area contributed by atoms with E-state index < -0.39 is 5.91 Å². The van der Waals surface area contributed by atoms with Crippen molar-refractivity contribution in [1.82, 2.24) is 0 Å². The summed E-state index contributed by atoms with van der Waals surface area (Å²) in [5.41, 5.74) is 2.18. The molecule has 3 rings (SSSR count). The molecule has 1 aromatic heterocycles. The lowest BCUT2D eigenvalue weighted by Crippen LogP contribution is -2.13. The minimum atomic E-state index is -0.530. The summed E-state index contributed by atoms with van der Waals surface area (Å²) >= 11 is 3.60. The molecule has 2 aromatic rings. The van der Waals surface area contributed by atoms with Gasteiger partial charge in [-0.3, -0.25) is 4.79 Å². The van der Waals surface area contributed by atoms with Crippen molar-refractivity contribution >= 4 is 50.9 Å². The third-order valence-electron chi connectivity index (χ3n) is 4.87. The molecule has 32 heavy (non-hydrogen) atoms. The molecule has 0 saturated heterocycles. The topological polar surface area (TPSA) is 95.1 Å². The number of thiophene rings is 1. The molecule has 1 aromatic carbocycles. The normalized spacial score (nSPS) is 13.2. The maximum absolute atomic E-state index is 12.9. The van der Waals surface area contributed by atoms with E-state index in [1.807, 2.05) is 32.9 Å². The molecule has 1 amide bonds. The molecule has 0 unspecified atom stereocenters. The van der Waals surface area contributed by atoms with E-state index in [0.717, 1.165) is 39.7 Å². The van der Waals surface area contributed by atoms with E-state index >= 15 is 0 Å². The fraction of sp³-hybridized carbons (Fsp3) is 0.375. The Labute approximate surface area is 206 Å². The fourth-order valence-electron chi connectivity index (χ4n) is 3.54. The van der Waals surface area contributed by atoms with Crippen LogP contribution in [-0.2, 0) is 17.6 Å². The molecule has 0 spiro atoms. The van der Waals surface area contributed by atoms with Crippen LogP contribution in [-0.4, -0.2) is 18.6 Å². The van der Waals surface area contributed by atoms with E-state index in [-0.39, 0.29) is 11.7 Å². The Hall–Kier alpha value is -2.56. The monoisotopic (exact) mass is 561 g/mol. The third-order valence-corrected chi connectivity index (χ3v) is 6.88. The zero-order chi connectivity index (χ0) is 23.3. The largest absolute Gasteiger partial charge is 0.490 e. The molecule has 1 heterocycles. The predicted molar refractivity (Wildman–Crippen MR) is 134 cm³/mol. The molecule has 0 aliphatic heterocycles. The Morgan fingerprint density at radius 1 is 1.31 bits per heavy atom. The standard InChI is InChI=1S/C24H24IN3O3S/c1-4-30-20-11-15(10-19(25)22(20)31-14(2)3)9-16(12-26)23(29)28-24-18(13-27)17-7-5-6-8-21(17)32-24/h9-11,14H,4-8H2,1-3H3,(H,28,29)/b16-9+. The number of hydrogen-bond acceptors (Lipinski definition) is 6. The second-order valence-corrected chi connectivity index (χ2v) is 9.85. The van der Waals surface area contributed by atoms with Gasteiger partial charge in [0.1, 0.15) is 22.7 Å². The number of nitrogens with one attached hydrogen (secondary N) is 1. The highest BCUT2D eigenvalue weighted by Gasteiger charge is 2.23. The van der Waals surface area contributed by atoms with Gasteiger partial charge < -0.3 is 14.8 Å². The van der Waals surface area contributed by atoms with Crippen LogP contribution in [0.5, 0.6) is 11.5 Å². The summed E-state index contributed by atoms with van der Waals surface area (Å²) < 4.78 is 12.4. The van der Waals surface area contributed by atoms with Crippen LogP contribution in [0.1, 0.15) is 55.2 Å². The first kappa shape index (κ1) is 24.1. The minimum absolute atomic E-state index is 0.0180. The predicted octanol–water partition coefficient (Wildman–Crippen LogP) is 5.83. The summed E-state index contributed by atoms with van der Waals surface area (Å²) in [6.07, 6.45) is 5.43. The average Bonchev–Trinajstić information content (AvgIpc) is 3.11. The average molecular weight is 561 g/mol. The molecule has 0 fully saturated rings. The number of aryl methyl sites for hydroxylation is 1. The molecule has 0 atom stereocenters. The van der Waals surface area contributed by atoms with Crippen LogP contribution in [0.2, 0.25) is 0 Å². The molecule has 1 N–H and O–H groups in total. The maximum atomic E-state index is 12.9. The van der Waals surface area contributed by atoms with Crippen LogP contribution in [0.3, 0.4) is 0 Å². The Kier molecular flexibility index (Phi) is 8.16. The zero-order valence-corrected chi connectivity index (χ0v) is 21.2. The number of nitrogens with zero attached hydrogens (tertiary/aromatic N) is 2. The van der Waals surface area contributed by atoms with E-state index in [1.54, 1.807) is 6.07 Å². The number of carbonyl (C=O) groups is 1. The van der Waals surface area contributed by atoms with Gasteiger partial charge in [-0.1, -0.05) is 0 Å². The number of carbonyl (C=O) groups excluding carboxylic acids is 1. The molecule has 1 aliphatic rings. The second-order valence-electron chi connectivity index (χ2n) is 7.58. The van der Waals surface area contributed by atoms with Gasteiger partial charge in [-0.15, -0.1) is 11.3 Å². The highest BCUT2D eigenvalue weighted by Crippen LogP contribution is 2.38. The molecule has 0 radical (unpaired) electrons. The number of nitriles is 2. The number of anilines is 1. The molecule has 0 bridgehead atoms. The van der Waals surface area contributed by atoms with Gasteiger partial charge in [0.15, 0.2) is 11.5 Å². The fourth-order valence-corrected chi connectivity index (χ4v) is 5.53. The van der Waals surface area contributed by atoms with Crippen LogP contribution >= 0.6 is 33.9 Å². The number of ether oxygens (including phenoxy) is 2. The van der Waals surface area contributed by atoms with Crippen molar-refractivity contribution in [3.8, 4) is 23.6 Å². The maximum Gasteiger partial charge on any atom is 0.266 e. The molecular formula is C24H24IN3O3S. The molecule has 8 heteroatoms.